The number of ether oxygens (including phenoxy) is 1. The van der Waals surface area contributed by atoms with Gasteiger partial charge >= 0.3 is 0 Å². The monoisotopic (exact) mass is 182 g/mol. The van der Waals surface area contributed by atoms with Crippen LogP contribution in [0.2, 0.25) is 0 Å². The molecular formula is C11H18O2. The summed E-state index contributed by atoms with van der Waals surface area (Å²) in [5, 5.41) is 9.92. The Morgan fingerprint density at radius 3 is 2.85 bits per heavy atom. The average molecular weight is 182 g/mol. The van der Waals surface area contributed by atoms with Crippen molar-refractivity contribution in [1.82, 2.24) is 0 Å². The van der Waals surface area contributed by atoms with Crippen LogP contribution >= 0.6 is 0 Å². The Bertz CT molecular complexity index is 248. The first-order valence-corrected chi connectivity index (χ1v) is 5.41. The molecular weight excluding hydrogens is 164 g/mol. The maximum absolute atomic E-state index is 9.92. The smallest absolute Gasteiger partial charge is 0.0775 e. The predicted octanol–water partition coefficient (Wildman–Crippen LogP) is 1.57. The molecule has 1 spiro atoms. The molecule has 2 saturated carbocycles. The molecule has 1 heterocycles. The molecule has 0 unspecified atom stereocenters. The van der Waals surface area contributed by atoms with E-state index in [1.165, 1.54) is 6.42 Å². The number of aliphatic hydroxyl groups is 1. The van der Waals surface area contributed by atoms with Crippen molar-refractivity contribution in [3.63, 3.8) is 0 Å². The fourth-order valence-electron chi connectivity index (χ4n) is 4.53. The minimum Gasteiger partial charge on any atom is -0.393 e. The highest BCUT2D eigenvalue weighted by atomic mass is 16.5. The standard InChI is InChI=1S/C11H18O2/c1-10(2)8-4-6-13-11(8)5-3-7(12)9(10)11/h7-9,12H,3-6H2,1-2H3/t7-,8+,9+,11+/m1/s1. The zero-order valence-corrected chi connectivity index (χ0v) is 8.42. The van der Waals surface area contributed by atoms with Gasteiger partial charge in [-0.2, -0.15) is 0 Å². The maximum atomic E-state index is 9.92. The van der Waals surface area contributed by atoms with E-state index >= 15 is 0 Å². The molecule has 2 heteroatoms. The zero-order valence-electron chi connectivity index (χ0n) is 8.42. The summed E-state index contributed by atoms with van der Waals surface area (Å²) < 4.78 is 5.91. The average Bonchev–Trinajstić information content (AvgIpc) is 2.55. The lowest BCUT2D eigenvalue weighted by molar-refractivity contribution is -0.220. The molecule has 74 valence electrons. The Labute approximate surface area is 79.3 Å². The van der Waals surface area contributed by atoms with Crippen molar-refractivity contribution < 1.29 is 9.84 Å². The molecule has 1 N–H and O–H groups in total. The quantitative estimate of drug-likeness (QED) is 0.616. The molecule has 0 amide bonds. The molecule has 0 radical (unpaired) electrons. The lowest BCUT2D eigenvalue weighted by Crippen LogP contribution is -2.65. The van der Waals surface area contributed by atoms with Crippen LogP contribution in [0.15, 0.2) is 0 Å². The van der Waals surface area contributed by atoms with Crippen molar-refractivity contribution in [2.45, 2.75) is 44.8 Å². The lowest BCUT2D eigenvalue weighted by atomic mass is 9.46. The van der Waals surface area contributed by atoms with Gasteiger partial charge in [0, 0.05) is 12.5 Å². The summed E-state index contributed by atoms with van der Waals surface area (Å²) in [6.07, 6.45) is 3.14. The van der Waals surface area contributed by atoms with Gasteiger partial charge < -0.3 is 9.84 Å². The first-order valence-electron chi connectivity index (χ1n) is 5.41. The van der Waals surface area contributed by atoms with Crippen molar-refractivity contribution in [2.24, 2.45) is 17.3 Å². The molecule has 2 nitrogen and oxygen atoms in total. The number of hydrogen-bond acceptors (Lipinski definition) is 2. The van der Waals surface area contributed by atoms with Crippen LogP contribution in [-0.4, -0.2) is 23.4 Å². The third-order valence-corrected chi connectivity index (χ3v) is 4.81. The van der Waals surface area contributed by atoms with Gasteiger partial charge in [0.1, 0.15) is 0 Å². The highest BCUT2D eigenvalue weighted by Crippen LogP contribution is 2.70. The normalized spacial score (nSPS) is 57.0. The first kappa shape index (κ1) is 8.25. The molecule has 0 bridgehead atoms. The molecule has 13 heavy (non-hydrogen) atoms. The Balaban J connectivity index is 2.01. The fourth-order valence-corrected chi connectivity index (χ4v) is 4.53. The molecule has 0 aromatic heterocycles. The third kappa shape index (κ3) is 0.701. The van der Waals surface area contributed by atoms with Crippen molar-refractivity contribution in [2.75, 3.05) is 6.61 Å². The molecule has 1 saturated heterocycles. The molecule has 4 atom stereocenters. The Morgan fingerprint density at radius 2 is 2.08 bits per heavy atom. The predicted molar refractivity (Wildman–Crippen MR) is 49.3 cm³/mol. The summed E-state index contributed by atoms with van der Waals surface area (Å²) in [5.74, 6) is 1.12. The first-order chi connectivity index (χ1) is 6.09. The molecule has 1 aliphatic heterocycles. The van der Waals surface area contributed by atoms with Crippen LogP contribution in [-0.2, 0) is 4.74 Å². The fraction of sp³-hybridized carbons (Fsp3) is 1.00. The summed E-state index contributed by atoms with van der Waals surface area (Å²) in [5.41, 5.74) is 0.412. The summed E-state index contributed by atoms with van der Waals surface area (Å²) >= 11 is 0. The van der Waals surface area contributed by atoms with E-state index in [1.54, 1.807) is 0 Å². The van der Waals surface area contributed by atoms with E-state index in [-0.39, 0.29) is 11.7 Å². The van der Waals surface area contributed by atoms with Gasteiger partial charge in [-0.25, -0.2) is 0 Å². The summed E-state index contributed by atoms with van der Waals surface area (Å²) in [7, 11) is 0. The van der Waals surface area contributed by atoms with Crippen LogP contribution in [0, 0.1) is 17.3 Å². The van der Waals surface area contributed by atoms with Gasteiger partial charge in [-0.15, -0.1) is 0 Å². The van der Waals surface area contributed by atoms with Gasteiger partial charge in [0.15, 0.2) is 0 Å². The van der Waals surface area contributed by atoms with E-state index in [9.17, 15) is 5.11 Å². The Kier molecular flexibility index (Phi) is 1.34. The van der Waals surface area contributed by atoms with Crippen molar-refractivity contribution in [3.05, 3.63) is 0 Å². The van der Waals surface area contributed by atoms with E-state index in [0.29, 0.717) is 17.3 Å². The van der Waals surface area contributed by atoms with E-state index in [4.69, 9.17) is 4.74 Å². The van der Waals surface area contributed by atoms with Crippen LogP contribution in [0.5, 0.6) is 0 Å². The maximum Gasteiger partial charge on any atom is 0.0775 e. The van der Waals surface area contributed by atoms with Gasteiger partial charge in [0.25, 0.3) is 0 Å². The number of aliphatic hydroxyl groups excluding tert-OH is 1. The molecule has 3 fully saturated rings. The molecule has 2 aliphatic carbocycles. The van der Waals surface area contributed by atoms with Gasteiger partial charge in [-0.3, -0.25) is 0 Å². The second-order valence-corrected chi connectivity index (χ2v) is 5.55. The van der Waals surface area contributed by atoms with E-state index < -0.39 is 0 Å². The van der Waals surface area contributed by atoms with Crippen LogP contribution in [0.3, 0.4) is 0 Å². The summed E-state index contributed by atoms with van der Waals surface area (Å²) in [6.45, 7) is 5.50. The van der Waals surface area contributed by atoms with E-state index in [2.05, 4.69) is 13.8 Å². The van der Waals surface area contributed by atoms with Gasteiger partial charge in [0.2, 0.25) is 0 Å². The zero-order chi connectivity index (χ0) is 9.27. The molecule has 3 aliphatic rings. The summed E-state index contributed by atoms with van der Waals surface area (Å²) in [4.78, 5) is 0. The van der Waals surface area contributed by atoms with Crippen LogP contribution in [0.25, 0.3) is 0 Å². The topological polar surface area (TPSA) is 29.5 Å². The van der Waals surface area contributed by atoms with Crippen LogP contribution in [0.1, 0.15) is 33.1 Å². The van der Waals surface area contributed by atoms with Gasteiger partial charge in [0.05, 0.1) is 11.7 Å². The van der Waals surface area contributed by atoms with Crippen LogP contribution in [0.4, 0.5) is 0 Å². The van der Waals surface area contributed by atoms with Crippen molar-refractivity contribution in [1.29, 1.82) is 0 Å². The number of hydrogen-bond donors (Lipinski definition) is 1. The SMILES string of the molecule is CC1(C)[C@@H]2CCO[C@@]23CC[C@@H](O)[C@@H]13. The van der Waals surface area contributed by atoms with Crippen molar-refractivity contribution in [3.8, 4) is 0 Å². The Morgan fingerprint density at radius 1 is 1.31 bits per heavy atom. The van der Waals surface area contributed by atoms with Crippen LogP contribution < -0.4 is 0 Å². The molecule has 0 aromatic rings. The third-order valence-electron chi connectivity index (χ3n) is 4.81. The summed E-state index contributed by atoms with van der Waals surface area (Å²) in [6, 6.07) is 0. The molecule has 0 aromatic carbocycles. The lowest BCUT2D eigenvalue weighted by Gasteiger charge is -2.61. The van der Waals surface area contributed by atoms with Gasteiger partial charge in [-0.05, 0) is 30.6 Å². The van der Waals surface area contributed by atoms with E-state index in [0.717, 1.165) is 19.4 Å². The van der Waals surface area contributed by atoms with Crippen molar-refractivity contribution >= 4 is 0 Å². The highest BCUT2D eigenvalue weighted by Gasteiger charge is 2.73. The Hall–Kier alpha value is -0.0800. The minimum absolute atomic E-state index is 0.100. The second-order valence-electron chi connectivity index (χ2n) is 5.55. The largest absolute Gasteiger partial charge is 0.393 e. The minimum atomic E-state index is -0.107. The second kappa shape index (κ2) is 2.12. The highest BCUT2D eigenvalue weighted by molar-refractivity contribution is 5.22. The van der Waals surface area contributed by atoms with E-state index in [1.807, 2.05) is 0 Å². The van der Waals surface area contributed by atoms with Gasteiger partial charge in [-0.1, -0.05) is 13.8 Å². The molecule has 3 rings (SSSR count). The number of rotatable bonds is 0.